The lowest BCUT2D eigenvalue weighted by Crippen LogP contribution is -2.29. The minimum Gasteiger partial charge on any atom is -0.507 e. The number of ether oxygens (including phenoxy) is 2. The summed E-state index contributed by atoms with van der Waals surface area (Å²) >= 11 is 0.955. The van der Waals surface area contributed by atoms with Crippen molar-refractivity contribution in [2.45, 2.75) is 19.9 Å². The number of hydrogen-bond acceptors (Lipinski definition) is 8. The smallest absolute Gasteiger partial charge is 0.350 e. The van der Waals surface area contributed by atoms with Crippen LogP contribution in [0.4, 0.5) is 5.13 Å². The van der Waals surface area contributed by atoms with Gasteiger partial charge in [0.1, 0.15) is 16.4 Å². The molecule has 0 bridgehead atoms. The standard InChI is InChI=1S/C25H22N2O6S/c1-4-33-17-12-8-11-16(13-17)20(28)18-19(15-9-6-5-7-10-15)27(23(30)21(18)29)25-26-14(2)22(34-25)24(31)32-3/h5-13,19,28H,4H2,1-3H3/b20-18+. The van der Waals surface area contributed by atoms with Crippen molar-refractivity contribution < 1.29 is 29.0 Å². The van der Waals surface area contributed by atoms with Crippen LogP contribution >= 0.6 is 11.3 Å². The van der Waals surface area contributed by atoms with E-state index in [0.29, 0.717) is 29.2 Å². The molecule has 0 spiro atoms. The highest BCUT2D eigenvalue weighted by molar-refractivity contribution is 7.17. The quantitative estimate of drug-likeness (QED) is 0.244. The Labute approximate surface area is 200 Å². The molecule has 1 fully saturated rings. The fourth-order valence-corrected chi connectivity index (χ4v) is 4.82. The maximum Gasteiger partial charge on any atom is 0.350 e. The van der Waals surface area contributed by atoms with E-state index < -0.39 is 23.7 Å². The van der Waals surface area contributed by atoms with Crippen LogP contribution in [0.25, 0.3) is 5.76 Å². The monoisotopic (exact) mass is 478 g/mol. The van der Waals surface area contributed by atoms with Gasteiger partial charge >= 0.3 is 11.9 Å². The summed E-state index contributed by atoms with van der Waals surface area (Å²) in [5.74, 6) is -2.07. The summed E-state index contributed by atoms with van der Waals surface area (Å²) in [4.78, 5) is 44.4. The number of aliphatic hydroxyl groups excluding tert-OH is 1. The molecule has 1 amide bonds. The minimum absolute atomic E-state index is 0.0719. The second kappa shape index (κ2) is 9.48. The lowest BCUT2D eigenvalue weighted by atomic mass is 9.95. The Hall–Kier alpha value is -3.98. The predicted octanol–water partition coefficient (Wildman–Crippen LogP) is 4.26. The third-order valence-corrected chi connectivity index (χ3v) is 6.48. The summed E-state index contributed by atoms with van der Waals surface area (Å²) in [6.07, 6.45) is 0. The van der Waals surface area contributed by atoms with Gasteiger partial charge in [0.25, 0.3) is 5.78 Å². The van der Waals surface area contributed by atoms with Gasteiger partial charge in [0.05, 0.1) is 31.0 Å². The number of ketones is 1. The van der Waals surface area contributed by atoms with Gasteiger partial charge in [-0.15, -0.1) is 0 Å². The molecule has 4 rings (SSSR count). The van der Waals surface area contributed by atoms with Crippen LogP contribution in [0.1, 0.15) is 39.5 Å². The summed E-state index contributed by atoms with van der Waals surface area (Å²) in [7, 11) is 1.26. The molecule has 174 valence electrons. The second-order valence-corrected chi connectivity index (χ2v) is 8.42. The van der Waals surface area contributed by atoms with Crippen molar-refractivity contribution in [3.63, 3.8) is 0 Å². The van der Waals surface area contributed by atoms with Crippen molar-refractivity contribution in [1.82, 2.24) is 4.98 Å². The Morgan fingerprint density at radius 1 is 1.15 bits per heavy atom. The van der Waals surface area contributed by atoms with E-state index in [-0.39, 0.29) is 21.3 Å². The van der Waals surface area contributed by atoms with E-state index in [4.69, 9.17) is 9.47 Å². The van der Waals surface area contributed by atoms with Crippen molar-refractivity contribution >= 4 is 39.9 Å². The Morgan fingerprint density at radius 2 is 1.88 bits per heavy atom. The molecule has 8 nitrogen and oxygen atoms in total. The molecule has 1 saturated heterocycles. The molecule has 0 saturated carbocycles. The van der Waals surface area contributed by atoms with Gasteiger partial charge in [-0.05, 0) is 31.5 Å². The number of benzene rings is 2. The largest absolute Gasteiger partial charge is 0.507 e. The van der Waals surface area contributed by atoms with Crippen LogP contribution in [-0.4, -0.2) is 41.5 Å². The summed E-state index contributed by atoms with van der Waals surface area (Å²) in [5.41, 5.74) is 1.26. The molecule has 34 heavy (non-hydrogen) atoms. The molecule has 2 aromatic carbocycles. The molecular weight excluding hydrogens is 456 g/mol. The molecule has 1 aliphatic heterocycles. The number of methoxy groups -OCH3 is 1. The number of anilines is 1. The minimum atomic E-state index is -0.937. The van der Waals surface area contributed by atoms with E-state index in [1.54, 1.807) is 55.5 Å². The second-order valence-electron chi connectivity index (χ2n) is 7.44. The van der Waals surface area contributed by atoms with E-state index >= 15 is 0 Å². The van der Waals surface area contributed by atoms with Gasteiger partial charge in [0.15, 0.2) is 5.13 Å². The van der Waals surface area contributed by atoms with Crippen molar-refractivity contribution in [1.29, 1.82) is 0 Å². The Bertz CT molecular complexity index is 1300. The average molecular weight is 479 g/mol. The zero-order valence-corrected chi connectivity index (χ0v) is 19.6. The molecule has 1 unspecified atom stereocenters. The molecule has 2 heterocycles. The van der Waals surface area contributed by atoms with Crippen molar-refractivity contribution in [3.8, 4) is 5.75 Å². The van der Waals surface area contributed by atoms with Crippen molar-refractivity contribution in [2.75, 3.05) is 18.6 Å². The van der Waals surface area contributed by atoms with Crippen molar-refractivity contribution in [3.05, 3.63) is 81.9 Å². The number of aromatic nitrogens is 1. The third kappa shape index (κ3) is 4.06. The first-order chi connectivity index (χ1) is 16.4. The van der Waals surface area contributed by atoms with Crippen LogP contribution in [0.2, 0.25) is 0 Å². The normalized spacial score (nSPS) is 17.1. The first kappa shape index (κ1) is 23.2. The fourth-order valence-electron chi connectivity index (χ4n) is 3.80. The van der Waals surface area contributed by atoms with E-state index in [2.05, 4.69) is 4.98 Å². The number of esters is 1. The molecule has 9 heteroatoms. The third-order valence-electron chi connectivity index (χ3n) is 5.34. The maximum atomic E-state index is 13.2. The van der Waals surface area contributed by atoms with Gasteiger partial charge in [0.2, 0.25) is 0 Å². The zero-order valence-electron chi connectivity index (χ0n) is 18.8. The van der Waals surface area contributed by atoms with Gasteiger partial charge in [-0.1, -0.05) is 53.8 Å². The van der Waals surface area contributed by atoms with Crippen LogP contribution in [0.15, 0.2) is 60.2 Å². The first-order valence-corrected chi connectivity index (χ1v) is 11.3. The molecule has 1 N–H and O–H groups in total. The number of aliphatic hydroxyl groups is 1. The molecule has 1 aliphatic rings. The lowest BCUT2D eigenvalue weighted by molar-refractivity contribution is -0.132. The summed E-state index contributed by atoms with van der Waals surface area (Å²) in [6.45, 7) is 3.90. The molecular formula is C25H22N2O6S. The van der Waals surface area contributed by atoms with Gasteiger partial charge in [-0.3, -0.25) is 14.5 Å². The maximum absolute atomic E-state index is 13.2. The van der Waals surface area contributed by atoms with Crippen LogP contribution in [0.3, 0.4) is 0 Å². The van der Waals surface area contributed by atoms with Gasteiger partial charge < -0.3 is 14.6 Å². The van der Waals surface area contributed by atoms with Gasteiger partial charge in [0, 0.05) is 5.56 Å². The molecule has 3 aromatic rings. The average Bonchev–Trinajstić information content (AvgIpc) is 3.36. The van der Waals surface area contributed by atoms with Gasteiger partial charge in [-0.2, -0.15) is 0 Å². The van der Waals surface area contributed by atoms with Crippen LogP contribution in [0.5, 0.6) is 5.75 Å². The first-order valence-electron chi connectivity index (χ1n) is 10.5. The van der Waals surface area contributed by atoms with Gasteiger partial charge in [-0.25, -0.2) is 9.78 Å². The van der Waals surface area contributed by atoms with E-state index in [1.807, 2.05) is 13.0 Å². The van der Waals surface area contributed by atoms with Crippen molar-refractivity contribution in [2.24, 2.45) is 0 Å². The number of aryl methyl sites for hydroxylation is 1. The number of nitrogens with zero attached hydrogens (tertiary/aromatic N) is 2. The fraction of sp³-hybridized carbons (Fsp3) is 0.200. The van der Waals surface area contributed by atoms with E-state index in [9.17, 15) is 19.5 Å². The topological polar surface area (TPSA) is 106 Å². The number of thiazole rings is 1. The number of hydrogen-bond donors (Lipinski definition) is 1. The zero-order chi connectivity index (χ0) is 24.4. The highest BCUT2D eigenvalue weighted by atomic mass is 32.1. The summed E-state index contributed by atoms with van der Waals surface area (Å²) in [5, 5.41) is 11.4. The van der Waals surface area contributed by atoms with Crippen LogP contribution in [-0.2, 0) is 14.3 Å². The molecule has 0 radical (unpaired) electrons. The van der Waals surface area contributed by atoms with Crippen LogP contribution < -0.4 is 9.64 Å². The number of amides is 1. The number of carbonyl (C=O) groups is 3. The highest BCUT2D eigenvalue weighted by Gasteiger charge is 2.48. The SMILES string of the molecule is CCOc1cccc(/C(O)=C2\C(=O)C(=O)N(c3nc(C)c(C(=O)OC)s3)C2c2ccccc2)c1. The molecule has 0 aliphatic carbocycles. The molecule has 1 atom stereocenters. The van der Waals surface area contributed by atoms with E-state index in [0.717, 1.165) is 11.3 Å². The number of carbonyl (C=O) groups excluding carboxylic acids is 3. The lowest BCUT2D eigenvalue weighted by Gasteiger charge is -2.23. The Morgan fingerprint density at radius 3 is 2.56 bits per heavy atom. The summed E-state index contributed by atoms with van der Waals surface area (Å²) in [6, 6.07) is 14.6. The van der Waals surface area contributed by atoms with Crippen LogP contribution in [0, 0.1) is 6.92 Å². The number of rotatable bonds is 6. The number of Topliss-reactive ketones (excluding diaryl/α,β-unsaturated/α-hetero) is 1. The summed E-state index contributed by atoms with van der Waals surface area (Å²) < 4.78 is 10.3. The highest BCUT2D eigenvalue weighted by Crippen LogP contribution is 2.44. The molecule has 1 aromatic heterocycles. The Balaban J connectivity index is 1.90. The Kier molecular flexibility index (Phi) is 6.47. The predicted molar refractivity (Wildman–Crippen MR) is 127 cm³/mol. The van der Waals surface area contributed by atoms with E-state index in [1.165, 1.54) is 12.0 Å².